The van der Waals surface area contributed by atoms with Crippen molar-refractivity contribution in [2.75, 3.05) is 28.7 Å². The molecule has 0 spiro atoms. The highest BCUT2D eigenvalue weighted by atomic mass is 35.5. The van der Waals surface area contributed by atoms with E-state index < -0.39 is 10.0 Å². The van der Waals surface area contributed by atoms with E-state index in [0.29, 0.717) is 22.3 Å². The zero-order chi connectivity index (χ0) is 19.3. The fourth-order valence-electron chi connectivity index (χ4n) is 2.03. The predicted molar refractivity (Wildman–Crippen MR) is 108 cm³/mol. The van der Waals surface area contributed by atoms with Crippen molar-refractivity contribution in [3.63, 3.8) is 0 Å². The lowest BCUT2D eigenvalue weighted by Gasteiger charge is -2.22. The van der Waals surface area contributed by atoms with Gasteiger partial charge in [-0.1, -0.05) is 46.3 Å². The van der Waals surface area contributed by atoms with Crippen LogP contribution in [0.5, 0.6) is 0 Å². The molecule has 1 N–H and O–H groups in total. The van der Waals surface area contributed by atoms with E-state index in [1.54, 1.807) is 6.07 Å². The number of rotatable bonds is 8. The largest absolute Gasteiger partial charge is 0.301 e. The van der Waals surface area contributed by atoms with Crippen molar-refractivity contribution in [1.29, 1.82) is 0 Å². The number of nitrogens with one attached hydrogen (secondary N) is 1. The molecule has 1 aromatic carbocycles. The van der Waals surface area contributed by atoms with Gasteiger partial charge in [0.15, 0.2) is 4.34 Å². The Kier molecular flexibility index (Phi) is 7.53. The van der Waals surface area contributed by atoms with E-state index in [-0.39, 0.29) is 23.9 Å². The van der Waals surface area contributed by atoms with Crippen LogP contribution in [-0.2, 0) is 14.8 Å². The lowest BCUT2D eigenvalue weighted by molar-refractivity contribution is -0.116. The van der Waals surface area contributed by atoms with E-state index >= 15 is 0 Å². The van der Waals surface area contributed by atoms with Crippen LogP contribution >= 0.6 is 46.3 Å². The topological polar surface area (TPSA) is 92.3 Å². The van der Waals surface area contributed by atoms with Gasteiger partial charge in [0.25, 0.3) is 0 Å². The number of carbonyl (C=O) groups is 1. The number of nitrogens with zero attached hydrogens (tertiary/aromatic N) is 3. The normalized spacial score (nSPS) is 11.4. The molecule has 1 heterocycles. The quantitative estimate of drug-likeness (QED) is 0.482. The Morgan fingerprint density at radius 3 is 2.62 bits per heavy atom. The molecule has 0 fully saturated rings. The Labute approximate surface area is 170 Å². The predicted octanol–water partition coefficient (Wildman–Crippen LogP) is 3.75. The molecule has 0 saturated carbocycles. The summed E-state index contributed by atoms with van der Waals surface area (Å²) in [4.78, 5) is 12.0. The summed E-state index contributed by atoms with van der Waals surface area (Å²) >= 11 is 14.6. The van der Waals surface area contributed by atoms with Crippen LogP contribution in [0.3, 0.4) is 0 Å². The summed E-state index contributed by atoms with van der Waals surface area (Å²) in [5, 5.41) is 11.4. The van der Waals surface area contributed by atoms with Crippen molar-refractivity contribution in [2.45, 2.75) is 17.2 Å². The van der Waals surface area contributed by atoms with E-state index in [1.165, 1.54) is 39.5 Å². The summed E-state index contributed by atoms with van der Waals surface area (Å²) in [6.07, 6.45) is 3.44. The van der Waals surface area contributed by atoms with Crippen LogP contribution in [0.4, 0.5) is 10.8 Å². The second-order valence-corrected chi connectivity index (χ2v) is 9.91. The van der Waals surface area contributed by atoms with Gasteiger partial charge in [0.2, 0.25) is 21.1 Å². The lowest BCUT2D eigenvalue weighted by Crippen LogP contribution is -2.31. The lowest BCUT2D eigenvalue weighted by atomic mass is 10.2. The average Bonchev–Trinajstić information content (AvgIpc) is 3.01. The van der Waals surface area contributed by atoms with Gasteiger partial charge in [-0.15, -0.1) is 10.2 Å². The molecule has 1 amide bonds. The molecule has 0 unspecified atom stereocenters. The van der Waals surface area contributed by atoms with Gasteiger partial charge in [-0.2, -0.15) is 0 Å². The molecular weight excluding hydrogens is 439 g/mol. The summed E-state index contributed by atoms with van der Waals surface area (Å²) in [6, 6.07) is 4.58. The number of aromatic nitrogens is 2. The van der Waals surface area contributed by atoms with Gasteiger partial charge < -0.3 is 5.32 Å². The third-order valence-electron chi connectivity index (χ3n) is 3.18. The van der Waals surface area contributed by atoms with Crippen LogP contribution in [-0.4, -0.2) is 43.6 Å². The zero-order valence-corrected chi connectivity index (χ0v) is 17.9. The van der Waals surface area contributed by atoms with Gasteiger partial charge >= 0.3 is 0 Å². The Balaban J connectivity index is 1.97. The minimum atomic E-state index is -3.53. The Morgan fingerprint density at radius 2 is 2.04 bits per heavy atom. The third-order valence-corrected chi connectivity index (χ3v) is 6.93. The Hall–Kier alpha value is -1.07. The van der Waals surface area contributed by atoms with Crippen LogP contribution < -0.4 is 9.62 Å². The molecule has 7 nitrogen and oxygen atoms in total. The van der Waals surface area contributed by atoms with Crippen LogP contribution in [0, 0.1) is 0 Å². The number of hydrogen-bond acceptors (Lipinski definition) is 7. The van der Waals surface area contributed by atoms with Crippen molar-refractivity contribution >= 4 is 73.0 Å². The second-order valence-electron chi connectivity index (χ2n) is 5.16. The molecule has 0 aliphatic heterocycles. The van der Waals surface area contributed by atoms with Crippen LogP contribution in [0.25, 0.3) is 0 Å². The SMILES string of the molecule is CSc1nnc(NC(=O)CCCN(c2ccc(Cl)c(Cl)c2)S(C)(=O)=O)s1. The second kappa shape index (κ2) is 9.23. The fraction of sp³-hybridized carbons (Fsp3) is 0.357. The number of hydrogen-bond donors (Lipinski definition) is 1. The van der Waals surface area contributed by atoms with E-state index in [0.717, 1.165) is 10.6 Å². The molecule has 0 radical (unpaired) electrons. The Morgan fingerprint density at radius 1 is 1.31 bits per heavy atom. The van der Waals surface area contributed by atoms with Crippen molar-refractivity contribution in [2.24, 2.45) is 0 Å². The smallest absolute Gasteiger partial charge is 0.232 e. The van der Waals surface area contributed by atoms with Crippen molar-refractivity contribution in [3.8, 4) is 0 Å². The molecular formula is C14H16Cl2N4O3S3. The highest BCUT2D eigenvalue weighted by molar-refractivity contribution is 8.00. The van der Waals surface area contributed by atoms with Gasteiger partial charge in [-0.05, 0) is 30.9 Å². The van der Waals surface area contributed by atoms with Gasteiger partial charge in [0, 0.05) is 13.0 Å². The maximum Gasteiger partial charge on any atom is 0.232 e. The number of amides is 1. The first-order valence-corrected chi connectivity index (χ1v) is 12.0. The van der Waals surface area contributed by atoms with E-state index in [2.05, 4.69) is 15.5 Å². The van der Waals surface area contributed by atoms with Crippen molar-refractivity contribution in [3.05, 3.63) is 28.2 Å². The first kappa shape index (κ1) is 21.2. The molecule has 0 aliphatic rings. The summed E-state index contributed by atoms with van der Waals surface area (Å²) in [6.45, 7) is 0.135. The van der Waals surface area contributed by atoms with Gasteiger partial charge in [0.05, 0.1) is 22.0 Å². The number of benzene rings is 1. The number of thioether (sulfide) groups is 1. The van der Waals surface area contributed by atoms with Crippen LogP contribution in [0.2, 0.25) is 10.0 Å². The summed E-state index contributed by atoms with van der Waals surface area (Å²) in [5.41, 5.74) is 0.399. The first-order valence-electron chi connectivity index (χ1n) is 7.31. The number of carbonyl (C=O) groups excluding carboxylic acids is 1. The number of halogens is 2. The maximum absolute atomic E-state index is 12.1. The Bertz CT molecular complexity index is 889. The summed E-state index contributed by atoms with van der Waals surface area (Å²) < 4.78 is 26.1. The molecule has 2 rings (SSSR count). The molecule has 142 valence electrons. The average molecular weight is 455 g/mol. The van der Waals surface area contributed by atoms with Crippen LogP contribution in [0.15, 0.2) is 22.5 Å². The molecule has 0 aliphatic carbocycles. The molecule has 26 heavy (non-hydrogen) atoms. The fourth-order valence-corrected chi connectivity index (χ4v) is 4.47. The van der Waals surface area contributed by atoms with E-state index in [4.69, 9.17) is 23.2 Å². The van der Waals surface area contributed by atoms with Crippen molar-refractivity contribution < 1.29 is 13.2 Å². The van der Waals surface area contributed by atoms with Gasteiger partial charge in [0.1, 0.15) is 0 Å². The minimum Gasteiger partial charge on any atom is -0.301 e. The van der Waals surface area contributed by atoms with Gasteiger partial charge in [-0.3, -0.25) is 9.10 Å². The highest BCUT2D eigenvalue weighted by Gasteiger charge is 2.19. The van der Waals surface area contributed by atoms with Crippen molar-refractivity contribution in [1.82, 2.24) is 10.2 Å². The maximum atomic E-state index is 12.1. The standard InChI is InChI=1S/C14H16Cl2N4O3S3/c1-24-14-19-18-13(25-14)17-12(21)4-3-7-20(26(2,22)23)9-5-6-10(15)11(16)8-9/h5-6,8H,3-4,7H2,1-2H3,(H,17,18,21). The summed E-state index contributed by atoms with van der Waals surface area (Å²) in [5.74, 6) is -0.253. The van der Waals surface area contributed by atoms with E-state index in [1.807, 2.05) is 6.26 Å². The number of anilines is 2. The molecule has 0 atom stereocenters. The number of sulfonamides is 1. The minimum absolute atomic E-state index is 0.135. The molecule has 2 aromatic rings. The first-order chi connectivity index (χ1) is 12.2. The zero-order valence-electron chi connectivity index (χ0n) is 13.9. The van der Waals surface area contributed by atoms with Gasteiger partial charge in [-0.25, -0.2) is 8.42 Å². The monoisotopic (exact) mass is 454 g/mol. The molecule has 1 aromatic heterocycles. The molecule has 0 bridgehead atoms. The third kappa shape index (κ3) is 5.98. The highest BCUT2D eigenvalue weighted by Crippen LogP contribution is 2.28. The van der Waals surface area contributed by atoms with Crippen LogP contribution in [0.1, 0.15) is 12.8 Å². The van der Waals surface area contributed by atoms with E-state index in [9.17, 15) is 13.2 Å². The molecule has 12 heteroatoms. The summed E-state index contributed by atoms with van der Waals surface area (Å²) in [7, 11) is -3.53. The molecule has 0 saturated heterocycles.